The van der Waals surface area contributed by atoms with Crippen molar-refractivity contribution >= 4 is 44.9 Å². The molecule has 12 nitrogen and oxygen atoms in total. The van der Waals surface area contributed by atoms with Gasteiger partial charge >= 0.3 is 6.03 Å². The Kier molecular flexibility index (Phi) is 9.32. The lowest BCUT2D eigenvalue weighted by Gasteiger charge is -2.38. The smallest absolute Gasteiger partial charge is 0.318 e. The molecule has 256 valence electrons. The van der Waals surface area contributed by atoms with Gasteiger partial charge < -0.3 is 29.3 Å². The molecule has 1 saturated heterocycles. The number of halogens is 1. The molecule has 1 atom stereocenters. The first-order valence-corrected chi connectivity index (χ1v) is 17.4. The number of pyridine rings is 1. The van der Waals surface area contributed by atoms with Crippen molar-refractivity contribution in [3.05, 3.63) is 101 Å². The van der Waals surface area contributed by atoms with E-state index >= 15 is 4.79 Å². The van der Waals surface area contributed by atoms with Crippen LogP contribution in [0.1, 0.15) is 25.0 Å². The largest absolute Gasteiger partial charge is 0.497 e. The molecular weight excluding hydrogens is 670 g/mol. The number of piperazine rings is 1. The summed E-state index contributed by atoms with van der Waals surface area (Å²) >= 11 is 6.55. The van der Waals surface area contributed by atoms with E-state index in [4.69, 9.17) is 25.8 Å². The number of urea groups is 1. The summed E-state index contributed by atoms with van der Waals surface area (Å²) in [6.07, 6.45) is 3.15. The number of hydrogen-bond acceptors (Lipinski definition) is 9. The van der Waals surface area contributed by atoms with Gasteiger partial charge in [-0.2, -0.15) is 4.31 Å². The second kappa shape index (κ2) is 13.5. The van der Waals surface area contributed by atoms with Gasteiger partial charge in [0.25, 0.3) is 15.9 Å². The molecule has 0 radical (unpaired) electrons. The normalized spacial score (nSPS) is 17.6. The number of para-hydroxylation sites is 1. The van der Waals surface area contributed by atoms with Crippen LogP contribution in [0.25, 0.3) is 0 Å². The van der Waals surface area contributed by atoms with Crippen molar-refractivity contribution < 1.29 is 32.2 Å². The SMILES string of the molecule is COc1ccc(S(=O)(=O)N2C(=O)C(NC(=O)N3CCN(c4cccnc4)CC3)(c3ccccc3OC(C)C)c3cc(Cl)ccc32)c(OC)c1. The van der Waals surface area contributed by atoms with Crippen molar-refractivity contribution in [3.8, 4) is 17.2 Å². The van der Waals surface area contributed by atoms with E-state index in [9.17, 15) is 13.2 Å². The number of benzene rings is 3. The Bertz CT molecular complexity index is 1990. The standard InChI is InChI=1S/C35H36ClN5O7S/c1-23(2)48-30-10-6-5-9-27(30)35(38-34(43)40-18-16-39(17-19-40)25-8-7-15-37-22-25)28-20-24(36)11-13-29(28)41(33(35)42)49(44,45)32-14-12-26(46-3)21-31(32)47-4/h5-15,20-23H,16-19H2,1-4H3,(H,38,43). The summed E-state index contributed by atoms with van der Waals surface area (Å²) in [4.78, 5) is 37.1. The van der Waals surface area contributed by atoms with Gasteiger partial charge in [-0.3, -0.25) is 9.78 Å². The highest BCUT2D eigenvalue weighted by atomic mass is 35.5. The quantitative estimate of drug-likeness (QED) is 0.254. The molecule has 1 fully saturated rings. The molecule has 2 aliphatic rings. The van der Waals surface area contributed by atoms with E-state index in [1.165, 1.54) is 50.6 Å². The molecule has 6 rings (SSSR count). The zero-order valence-corrected chi connectivity index (χ0v) is 29.0. The summed E-state index contributed by atoms with van der Waals surface area (Å²) in [7, 11) is -1.88. The second-order valence-corrected chi connectivity index (χ2v) is 14.0. The van der Waals surface area contributed by atoms with Crippen molar-refractivity contribution in [1.82, 2.24) is 15.2 Å². The number of carbonyl (C=O) groups excluding carboxylic acids is 2. The maximum Gasteiger partial charge on any atom is 0.318 e. The molecule has 0 bridgehead atoms. The Labute approximate surface area is 290 Å². The van der Waals surface area contributed by atoms with Crippen molar-refractivity contribution in [2.24, 2.45) is 0 Å². The van der Waals surface area contributed by atoms with Crippen LogP contribution in [-0.2, 0) is 20.4 Å². The molecule has 49 heavy (non-hydrogen) atoms. The molecule has 2 aliphatic heterocycles. The number of anilines is 2. The van der Waals surface area contributed by atoms with Gasteiger partial charge in [-0.15, -0.1) is 0 Å². The number of hydrogen-bond donors (Lipinski definition) is 1. The molecule has 0 aliphatic carbocycles. The van der Waals surface area contributed by atoms with Gasteiger partial charge in [0.2, 0.25) is 0 Å². The molecule has 3 amide bonds. The van der Waals surface area contributed by atoms with E-state index < -0.39 is 27.5 Å². The molecular formula is C35H36ClN5O7S. The zero-order chi connectivity index (χ0) is 34.9. The number of amides is 3. The van der Waals surface area contributed by atoms with Crippen LogP contribution < -0.4 is 28.7 Å². The van der Waals surface area contributed by atoms with E-state index in [0.29, 0.717) is 42.0 Å². The molecule has 1 unspecified atom stereocenters. The number of ether oxygens (including phenoxy) is 3. The molecule has 0 spiro atoms. The van der Waals surface area contributed by atoms with Crippen molar-refractivity contribution in [2.75, 3.05) is 49.6 Å². The highest BCUT2D eigenvalue weighted by Gasteiger charge is 2.59. The highest BCUT2D eigenvalue weighted by Crippen LogP contribution is 2.50. The number of nitrogens with one attached hydrogen (secondary N) is 1. The second-order valence-electron chi connectivity index (χ2n) is 11.8. The highest BCUT2D eigenvalue weighted by molar-refractivity contribution is 7.93. The predicted octanol–water partition coefficient (Wildman–Crippen LogP) is 5.05. The van der Waals surface area contributed by atoms with Gasteiger partial charge in [-0.1, -0.05) is 29.8 Å². The average Bonchev–Trinajstić information content (AvgIpc) is 3.35. The van der Waals surface area contributed by atoms with Gasteiger partial charge in [0.1, 0.15) is 22.1 Å². The van der Waals surface area contributed by atoms with E-state index in [0.717, 1.165) is 5.69 Å². The third-order valence-electron chi connectivity index (χ3n) is 8.50. The number of methoxy groups -OCH3 is 2. The number of rotatable bonds is 9. The zero-order valence-electron chi connectivity index (χ0n) is 27.4. The van der Waals surface area contributed by atoms with E-state index in [-0.39, 0.29) is 38.6 Å². The molecule has 1 N–H and O–H groups in total. The van der Waals surface area contributed by atoms with Gasteiger partial charge in [0.15, 0.2) is 5.54 Å². The molecule has 4 aromatic rings. The maximum absolute atomic E-state index is 15.2. The van der Waals surface area contributed by atoms with Crippen LogP contribution in [0.3, 0.4) is 0 Å². The fraction of sp³-hybridized carbons (Fsp3) is 0.286. The molecule has 3 aromatic carbocycles. The lowest BCUT2D eigenvalue weighted by molar-refractivity contribution is -0.121. The Hall–Kier alpha value is -5.01. The van der Waals surface area contributed by atoms with Crippen LogP contribution in [0.2, 0.25) is 5.02 Å². The van der Waals surface area contributed by atoms with Gasteiger partial charge in [0, 0.05) is 54.6 Å². The lowest BCUT2D eigenvalue weighted by atomic mass is 9.83. The fourth-order valence-electron chi connectivity index (χ4n) is 6.22. The topological polar surface area (TPSA) is 131 Å². The monoisotopic (exact) mass is 705 g/mol. The summed E-state index contributed by atoms with van der Waals surface area (Å²) in [6, 6.07) is 18.6. The maximum atomic E-state index is 15.2. The molecule has 3 heterocycles. The average molecular weight is 706 g/mol. The number of nitrogens with zero attached hydrogens (tertiary/aromatic N) is 4. The summed E-state index contributed by atoms with van der Waals surface area (Å²) < 4.78 is 46.8. The van der Waals surface area contributed by atoms with E-state index in [1.807, 2.05) is 26.0 Å². The summed E-state index contributed by atoms with van der Waals surface area (Å²) in [6.45, 7) is 5.38. The first-order valence-electron chi connectivity index (χ1n) is 15.6. The van der Waals surface area contributed by atoms with Crippen LogP contribution >= 0.6 is 11.6 Å². The van der Waals surface area contributed by atoms with Crippen LogP contribution in [0.4, 0.5) is 16.2 Å². The summed E-state index contributed by atoms with van der Waals surface area (Å²) in [5, 5.41) is 3.23. The lowest BCUT2D eigenvalue weighted by Crippen LogP contribution is -2.60. The Morgan fingerprint density at radius 2 is 1.67 bits per heavy atom. The predicted molar refractivity (Wildman–Crippen MR) is 185 cm³/mol. The minimum atomic E-state index is -4.65. The van der Waals surface area contributed by atoms with Crippen LogP contribution in [-0.4, -0.2) is 76.7 Å². The third kappa shape index (κ3) is 6.08. The first-order chi connectivity index (χ1) is 23.5. The molecule has 14 heteroatoms. The van der Waals surface area contributed by atoms with E-state index in [1.54, 1.807) is 41.6 Å². The molecule has 1 aromatic heterocycles. The van der Waals surface area contributed by atoms with Crippen molar-refractivity contribution in [2.45, 2.75) is 30.4 Å². The van der Waals surface area contributed by atoms with Crippen molar-refractivity contribution in [1.29, 1.82) is 0 Å². The number of carbonyl (C=O) groups is 2. The minimum absolute atomic E-state index is 0.0216. The third-order valence-corrected chi connectivity index (χ3v) is 10.5. The van der Waals surface area contributed by atoms with Crippen LogP contribution in [0.5, 0.6) is 17.2 Å². The Morgan fingerprint density at radius 3 is 2.35 bits per heavy atom. The number of sulfonamides is 1. The number of fused-ring (bicyclic) bond motifs is 1. The Balaban J connectivity index is 1.48. The van der Waals surface area contributed by atoms with E-state index in [2.05, 4.69) is 15.2 Å². The summed E-state index contributed by atoms with van der Waals surface area (Å²) in [5.41, 5.74) is -0.686. The van der Waals surface area contributed by atoms with Gasteiger partial charge in [-0.05, 0) is 62.4 Å². The van der Waals surface area contributed by atoms with Gasteiger partial charge in [0.05, 0.1) is 37.9 Å². The van der Waals surface area contributed by atoms with Crippen LogP contribution in [0, 0.1) is 0 Å². The minimum Gasteiger partial charge on any atom is -0.497 e. The Morgan fingerprint density at radius 1 is 0.918 bits per heavy atom. The van der Waals surface area contributed by atoms with Gasteiger partial charge in [-0.25, -0.2) is 13.2 Å². The fourth-order valence-corrected chi connectivity index (χ4v) is 8.00. The number of aromatic nitrogens is 1. The van der Waals surface area contributed by atoms with Crippen molar-refractivity contribution in [3.63, 3.8) is 0 Å². The first kappa shape index (κ1) is 33.9. The molecule has 0 saturated carbocycles. The summed E-state index contributed by atoms with van der Waals surface area (Å²) in [5.74, 6) is -0.315. The van der Waals surface area contributed by atoms with Crippen LogP contribution in [0.15, 0.2) is 90.1 Å².